The molecule has 4 nitrogen and oxygen atoms in total. The Labute approximate surface area is 225 Å². The molecule has 36 heavy (non-hydrogen) atoms. The molecule has 1 saturated carbocycles. The summed E-state index contributed by atoms with van der Waals surface area (Å²) < 4.78 is 15.1. The van der Waals surface area contributed by atoms with E-state index in [1.165, 1.54) is 31.4 Å². The summed E-state index contributed by atoms with van der Waals surface area (Å²) in [6, 6.07) is 11.7. The van der Waals surface area contributed by atoms with E-state index in [-0.39, 0.29) is 17.8 Å². The second kappa shape index (κ2) is 11.0. The van der Waals surface area contributed by atoms with Crippen molar-refractivity contribution in [1.29, 1.82) is 0 Å². The molecule has 0 radical (unpaired) electrons. The summed E-state index contributed by atoms with van der Waals surface area (Å²) in [6.45, 7) is 2.10. The lowest BCUT2D eigenvalue weighted by Crippen LogP contribution is -2.40. The van der Waals surface area contributed by atoms with Crippen LogP contribution in [-0.2, 0) is 5.75 Å². The summed E-state index contributed by atoms with van der Waals surface area (Å²) in [5.41, 5.74) is 4.66. The summed E-state index contributed by atoms with van der Waals surface area (Å²) in [4.78, 5) is 13.8. The van der Waals surface area contributed by atoms with Crippen molar-refractivity contribution >= 4 is 52.5 Å². The van der Waals surface area contributed by atoms with Gasteiger partial charge in [0, 0.05) is 28.1 Å². The van der Waals surface area contributed by atoms with Crippen LogP contribution in [0.15, 0.2) is 42.5 Å². The Morgan fingerprint density at radius 3 is 2.61 bits per heavy atom. The summed E-state index contributed by atoms with van der Waals surface area (Å²) in [7, 11) is 0. The van der Waals surface area contributed by atoms with E-state index in [1.54, 1.807) is 46.8 Å². The summed E-state index contributed by atoms with van der Waals surface area (Å²) in [6.07, 6.45) is 7.99. The smallest absolute Gasteiger partial charge is 0.270 e. The number of carbonyl (C=O) groups excluding carboxylic acids is 1. The predicted molar refractivity (Wildman–Crippen MR) is 148 cm³/mol. The van der Waals surface area contributed by atoms with Gasteiger partial charge in [-0.15, -0.1) is 0 Å². The zero-order valence-electron chi connectivity index (χ0n) is 20.1. The number of rotatable bonds is 5. The Kier molecular flexibility index (Phi) is 7.75. The lowest BCUT2D eigenvalue weighted by atomic mass is 9.84. The number of hydrogen-bond donors (Lipinski definition) is 1. The number of nitrogens with zero attached hydrogens (tertiary/aromatic N) is 2. The van der Waals surface area contributed by atoms with Crippen LogP contribution < -0.4 is 5.32 Å². The van der Waals surface area contributed by atoms with E-state index in [1.807, 2.05) is 6.08 Å². The van der Waals surface area contributed by atoms with Gasteiger partial charge in [0.1, 0.15) is 11.5 Å². The third-order valence-electron chi connectivity index (χ3n) is 7.07. The first-order chi connectivity index (χ1) is 17.4. The molecule has 1 fully saturated rings. The molecule has 3 aromatic rings. The van der Waals surface area contributed by atoms with E-state index in [0.717, 1.165) is 41.0 Å². The van der Waals surface area contributed by atoms with Gasteiger partial charge in [-0.05, 0) is 73.2 Å². The van der Waals surface area contributed by atoms with Crippen molar-refractivity contribution in [3.8, 4) is 5.69 Å². The minimum atomic E-state index is -0.274. The molecule has 5 rings (SSSR count). The monoisotopic (exact) mass is 543 g/mol. The fourth-order valence-corrected chi connectivity index (χ4v) is 6.64. The van der Waals surface area contributed by atoms with Gasteiger partial charge in [-0.3, -0.25) is 4.79 Å². The molecular formula is C28H28Cl2FN3OS. The first-order valence-corrected chi connectivity index (χ1v) is 14.2. The van der Waals surface area contributed by atoms with Gasteiger partial charge in [0.15, 0.2) is 0 Å². The molecular weight excluding hydrogens is 516 g/mol. The van der Waals surface area contributed by atoms with Gasteiger partial charge in [0.05, 0.1) is 16.4 Å². The highest BCUT2D eigenvalue weighted by molar-refractivity contribution is 7.99. The van der Waals surface area contributed by atoms with Crippen molar-refractivity contribution in [3.63, 3.8) is 0 Å². The minimum absolute atomic E-state index is 0.0722. The van der Waals surface area contributed by atoms with Crippen LogP contribution >= 0.6 is 35.0 Å². The fourth-order valence-electron chi connectivity index (χ4n) is 5.13. The Hall–Kier alpha value is -2.28. The number of amides is 1. The first-order valence-electron chi connectivity index (χ1n) is 12.3. The average Bonchev–Trinajstić information content (AvgIpc) is 3.26. The third-order valence-corrected chi connectivity index (χ3v) is 8.62. The van der Waals surface area contributed by atoms with Crippen LogP contribution in [0.2, 0.25) is 10.0 Å². The number of fused-ring (bicyclic) bond motifs is 1. The van der Waals surface area contributed by atoms with E-state index in [0.29, 0.717) is 33.1 Å². The van der Waals surface area contributed by atoms with Crippen molar-refractivity contribution in [2.24, 2.45) is 5.92 Å². The summed E-state index contributed by atoms with van der Waals surface area (Å²) >= 11 is 14.5. The topological polar surface area (TPSA) is 46.9 Å². The number of halogens is 3. The zero-order valence-corrected chi connectivity index (χ0v) is 22.4. The maximum absolute atomic E-state index is 13.8. The minimum Gasteiger partial charge on any atom is -0.348 e. The Balaban J connectivity index is 1.57. The number of nitrogens with one attached hydrogen (secondary N) is 1. The molecule has 2 aliphatic rings. The quantitative estimate of drug-likeness (QED) is 0.357. The van der Waals surface area contributed by atoms with Gasteiger partial charge < -0.3 is 5.32 Å². The second-order valence-corrected chi connectivity index (χ2v) is 11.4. The number of thioether (sulfide) groups is 1. The molecule has 1 amide bonds. The largest absolute Gasteiger partial charge is 0.348 e. The van der Waals surface area contributed by atoms with Gasteiger partial charge >= 0.3 is 0 Å². The predicted octanol–water partition coefficient (Wildman–Crippen LogP) is 7.80. The summed E-state index contributed by atoms with van der Waals surface area (Å²) in [5.74, 6) is 1.48. The highest BCUT2D eigenvalue weighted by Gasteiger charge is 2.31. The van der Waals surface area contributed by atoms with Gasteiger partial charge in [0.2, 0.25) is 0 Å². The number of benzene rings is 2. The van der Waals surface area contributed by atoms with Gasteiger partial charge in [-0.1, -0.05) is 54.6 Å². The van der Waals surface area contributed by atoms with Crippen molar-refractivity contribution in [1.82, 2.24) is 15.1 Å². The highest BCUT2D eigenvalue weighted by Crippen LogP contribution is 2.38. The molecule has 1 aliphatic heterocycles. The van der Waals surface area contributed by atoms with Crippen LogP contribution in [0, 0.1) is 11.7 Å². The molecule has 8 heteroatoms. The Morgan fingerprint density at radius 2 is 1.89 bits per heavy atom. The van der Waals surface area contributed by atoms with Crippen LogP contribution in [0.5, 0.6) is 0 Å². The Morgan fingerprint density at radius 1 is 1.14 bits per heavy atom. The molecule has 2 aromatic carbocycles. The Bertz CT molecular complexity index is 1300. The first kappa shape index (κ1) is 25.4. The number of carbonyl (C=O) groups is 1. The number of hydrogen-bond acceptors (Lipinski definition) is 3. The van der Waals surface area contributed by atoms with Crippen molar-refractivity contribution in [2.75, 3.05) is 5.75 Å². The van der Waals surface area contributed by atoms with Gasteiger partial charge in [-0.25, -0.2) is 9.07 Å². The maximum Gasteiger partial charge on any atom is 0.270 e. The molecule has 1 N–H and O–H groups in total. The van der Waals surface area contributed by atoms with Gasteiger partial charge in [-0.2, -0.15) is 16.9 Å². The highest BCUT2D eigenvalue weighted by atomic mass is 35.5. The van der Waals surface area contributed by atoms with E-state index >= 15 is 0 Å². The lowest BCUT2D eigenvalue weighted by Gasteiger charge is -2.28. The standard InChI is InChI=1S/C28H28Cl2FN3OS/c1-17(19-5-3-2-4-6-19)32-28(35)27-23-16-36-15-20(13-18-7-10-22(31)11-8-18)26(23)33-34(27)25-12-9-21(29)14-24(25)30/h7-14,17,19H,2-6,15-16H2,1H3,(H,32,35)/t17-/m1/s1. The summed E-state index contributed by atoms with van der Waals surface area (Å²) in [5, 5.41) is 9.14. The van der Waals surface area contributed by atoms with Crippen molar-refractivity contribution in [3.05, 3.63) is 80.8 Å². The van der Waals surface area contributed by atoms with Crippen LogP contribution in [0.25, 0.3) is 17.3 Å². The molecule has 0 saturated heterocycles. The maximum atomic E-state index is 13.8. The van der Waals surface area contributed by atoms with E-state index in [2.05, 4.69) is 12.2 Å². The van der Waals surface area contributed by atoms with Gasteiger partial charge in [0.25, 0.3) is 5.91 Å². The molecule has 0 unspecified atom stereocenters. The molecule has 0 bridgehead atoms. The molecule has 2 heterocycles. The normalized spacial score (nSPS) is 18.2. The van der Waals surface area contributed by atoms with Crippen LogP contribution in [0.4, 0.5) is 4.39 Å². The molecule has 1 aromatic heterocycles. The molecule has 188 valence electrons. The number of aromatic nitrogens is 2. The zero-order chi connectivity index (χ0) is 25.2. The molecule has 1 aliphatic carbocycles. The van der Waals surface area contributed by atoms with Crippen LogP contribution in [0.1, 0.15) is 66.3 Å². The fraction of sp³-hybridized carbons (Fsp3) is 0.357. The average molecular weight is 545 g/mol. The molecule has 0 spiro atoms. The molecule has 1 atom stereocenters. The van der Waals surface area contributed by atoms with Crippen molar-refractivity contribution in [2.45, 2.75) is 50.8 Å². The van der Waals surface area contributed by atoms with E-state index in [9.17, 15) is 9.18 Å². The van der Waals surface area contributed by atoms with E-state index < -0.39 is 0 Å². The van der Waals surface area contributed by atoms with Crippen molar-refractivity contribution < 1.29 is 9.18 Å². The van der Waals surface area contributed by atoms with Crippen LogP contribution in [0.3, 0.4) is 0 Å². The third kappa shape index (κ3) is 5.36. The van der Waals surface area contributed by atoms with Crippen LogP contribution in [-0.4, -0.2) is 27.5 Å². The second-order valence-electron chi connectivity index (χ2n) is 9.56. The lowest BCUT2D eigenvalue weighted by molar-refractivity contribution is 0.0910. The van der Waals surface area contributed by atoms with E-state index in [4.69, 9.17) is 28.3 Å². The SMILES string of the molecule is C[C@@H](NC(=O)c1c2c(nn1-c1ccc(Cl)cc1Cl)C(=Cc1ccc(F)cc1)CSC2)C1CCCCC1.